The van der Waals surface area contributed by atoms with E-state index in [1.54, 1.807) is 13.0 Å². The second kappa shape index (κ2) is 13.9. The SMILES string of the molecule is C=CC(=C)C(=O)NCC1=CC2=C(CC=C1)OCC(=O)N2.Cc1c(CF)cnn1CC(=O)NCC12CCC(C(=O)O)(CC1)CC2. The van der Waals surface area contributed by atoms with Gasteiger partial charge in [0.15, 0.2) is 6.61 Å². The van der Waals surface area contributed by atoms with E-state index in [1.807, 2.05) is 12.2 Å². The number of hydrogen-bond acceptors (Lipinski definition) is 6. The highest BCUT2D eigenvalue weighted by atomic mass is 19.1. The van der Waals surface area contributed by atoms with Crippen molar-refractivity contribution in [1.29, 1.82) is 0 Å². The minimum absolute atomic E-state index is 0.0378. The third kappa shape index (κ3) is 7.53. The van der Waals surface area contributed by atoms with E-state index < -0.39 is 18.1 Å². The number of allylic oxidation sites excluding steroid dienone is 2. The van der Waals surface area contributed by atoms with Gasteiger partial charge in [0.25, 0.3) is 11.8 Å². The normalized spacial score (nSPS) is 23.5. The quantitative estimate of drug-likeness (QED) is 0.235. The van der Waals surface area contributed by atoms with Crippen molar-refractivity contribution in [2.45, 2.75) is 65.1 Å². The fourth-order valence-corrected chi connectivity index (χ4v) is 5.92. The Balaban J connectivity index is 0.000000204. The highest BCUT2D eigenvalue weighted by Gasteiger charge is 2.52. The molecule has 5 aliphatic rings. The standard InChI is InChI=1S/C17H24FN3O3.C15H16N2O3/c1-12-13(8-18)9-20-21(12)10-14(22)19-11-16-2-5-17(6-3-16,7-4-16)15(23)24;1-3-10(2)15(19)16-8-11-5-4-6-13-12(7-11)17-14(18)9-20-13/h9H,2-8,10-11H2,1H3,(H,19,22)(H,23,24);3-5,7H,1-2,6,8-9H2,(H,16,19)(H,17,18). The molecule has 0 unspecified atom stereocenters. The van der Waals surface area contributed by atoms with Crippen molar-refractivity contribution in [1.82, 2.24) is 25.7 Å². The Kier molecular flexibility index (Phi) is 10.2. The Hall–Kier alpha value is -4.48. The molecule has 44 heavy (non-hydrogen) atoms. The number of hydrogen-bond donors (Lipinski definition) is 4. The third-order valence-electron chi connectivity index (χ3n) is 9.07. The molecule has 2 bridgehead atoms. The fourth-order valence-electron chi connectivity index (χ4n) is 5.92. The first-order valence-corrected chi connectivity index (χ1v) is 14.7. The van der Waals surface area contributed by atoms with Crippen LogP contribution in [0.1, 0.15) is 56.2 Å². The van der Waals surface area contributed by atoms with Gasteiger partial charge in [-0.2, -0.15) is 5.10 Å². The van der Waals surface area contributed by atoms with E-state index in [-0.39, 0.29) is 36.3 Å². The maximum absolute atomic E-state index is 12.7. The maximum Gasteiger partial charge on any atom is 0.309 e. The molecule has 0 spiro atoms. The van der Waals surface area contributed by atoms with Gasteiger partial charge in [-0.1, -0.05) is 31.4 Å². The zero-order valence-corrected chi connectivity index (χ0v) is 25.0. The number of carbonyl (C=O) groups excluding carboxylic acids is 3. The first kappa shape index (κ1) is 32.4. The molecule has 6 rings (SSSR count). The number of carboxylic acid groups (broad SMARTS) is 1. The lowest BCUT2D eigenvalue weighted by molar-refractivity contribution is -0.159. The zero-order valence-electron chi connectivity index (χ0n) is 25.0. The number of ether oxygens (including phenoxy) is 1. The highest BCUT2D eigenvalue weighted by molar-refractivity contribution is 5.95. The third-order valence-corrected chi connectivity index (χ3v) is 9.07. The zero-order chi connectivity index (χ0) is 31.9. The molecule has 4 aliphatic carbocycles. The molecule has 0 atom stereocenters. The van der Waals surface area contributed by atoms with E-state index in [4.69, 9.17) is 4.74 Å². The molecule has 12 heteroatoms. The Bertz CT molecular complexity index is 1410. The van der Waals surface area contributed by atoms with Gasteiger partial charge >= 0.3 is 5.97 Å². The average molecular weight is 610 g/mol. The molecule has 1 aromatic heterocycles. The summed E-state index contributed by atoms with van der Waals surface area (Å²) in [6, 6.07) is 0. The number of fused-ring (bicyclic) bond motifs is 3. The summed E-state index contributed by atoms with van der Waals surface area (Å²) < 4.78 is 19.6. The molecule has 0 aromatic carbocycles. The van der Waals surface area contributed by atoms with Gasteiger partial charge in [0, 0.05) is 36.3 Å². The molecule has 4 N–H and O–H groups in total. The summed E-state index contributed by atoms with van der Waals surface area (Å²) in [6.45, 7) is 9.30. The predicted molar refractivity (Wildman–Crippen MR) is 160 cm³/mol. The Morgan fingerprint density at radius 1 is 1.20 bits per heavy atom. The first-order chi connectivity index (χ1) is 21.0. The van der Waals surface area contributed by atoms with Crippen LogP contribution < -0.4 is 16.0 Å². The van der Waals surface area contributed by atoms with Gasteiger partial charge in [0.1, 0.15) is 19.0 Å². The van der Waals surface area contributed by atoms with Crippen molar-refractivity contribution < 1.29 is 33.4 Å². The molecule has 0 saturated heterocycles. The predicted octanol–water partition coefficient (Wildman–Crippen LogP) is 3.29. The lowest BCUT2D eigenvalue weighted by atomic mass is 9.53. The van der Waals surface area contributed by atoms with Crippen molar-refractivity contribution >= 4 is 23.7 Å². The lowest BCUT2D eigenvalue weighted by Crippen LogP contribution is -2.50. The monoisotopic (exact) mass is 609 g/mol. The molecule has 236 valence electrons. The number of carboxylic acids is 1. The van der Waals surface area contributed by atoms with Gasteiger partial charge in [-0.3, -0.25) is 23.9 Å². The van der Waals surface area contributed by atoms with Crippen LogP contribution in [-0.2, 0) is 37.1 Å². The van der Waals surface area contributed by atoms with Gasteiger partial charge in [-0.25, -0.2) is 4.39 Å². The van der Waals surface area contributed by atoms with Gasteiger partial charge < -0.3 is 25.8 Å². The Morgan fingerprint density at radius 2 is 1.91 bits per heavy atom. The Morgan fingerprint density at radius 3 is 2.52 bits per heavy atom. The minimum Gasteiger partial charge on any atom is -0.486 e. The van der Waals surface area contributed by atoms with Crippen LogP contribution in [-0.4, -0.2) is 58.3 Å². The van der Waals surface area contributed by atoms with Gasteiger partial charge in [0.2, 0.25) is 5.91 Å². The second-order valence-corrected chi connectivity index (χ2v) is 11.8. The lowest BCUT2D eigenvalue weighted by Gasteiger charge is -2.51. The summed E-state index contributed by atoms with van der Waals surface area (Å²) in [5, 5.41) is 21.9. The van der Waals surface area contributed by atoms with Crippen molar-refractivity contribution in [3.8, 4) is 0 Å². The highest BCUT2D eigenvalue weighted by Crippen LogP contribution is 2.56. The van der Waals surface area contributed by atoms with E-state index in [0.29, 0.717) is 61.3 Å². The van der Waals surface area contributed by atoms with Gasteiger partial charge in [-0.05, 0) is 62.5 Å². The van der Waals surface area contributed by atoms with Crippen LogP contribution in [0, 0.1) is 17.8 Å². The fraction of sp³-hybridized carbons (Fsp3) is 0.469. The summed E-state index contributed by atoms with van der Waals surface area (Å²) in [4.78, 5) is 46.6. The molecule has 3 saturated carbocycles. The number of nitrogens with zero attached hydrogens (tertiary/aromatic N) is 2. The number of rotatable bonds is 10. The molecular weight excluding hydrogens is 569 g/mol. The number of aromatic nitrogens is 2. The summed E-state index contributed by atoms with van der Waals surface area (Å²) >= 11 is 0. The number of nitrogens with one attached hydrogen (secondary N) is 3. The van der Waals surface area contributed by atoms with E-state index in [0.717, 1.165) is 30.6 Å². The van der Waals surface area contributed by atoms with Crippen LogP contribution in [0.2, 0.25) is 0 Å². The number of amides is 3. The second-order valence-electron chi connectivity index (χ2n) is 11.8. The van der Waals surface area contributed by atoms with Crippen LogP contribution in [0.4, 0.5) is 4.39 Å². The molecule has 1 aromatic rings. The minimum atomic E-state index is -0.669. The van der Waals surface area contributed by atoms with Gasteiger partial charge in [0.05, 0.1) is 17.3 Å². The van der Waals surface area contributed by atoms with Crippen LogP contribution in [0.25, 0.3) is 0 Å². The topological polar surface area (TPSA) is 152 Å². The maximum atomic E-state index is 12.7. The van der Waals surface area contributed by atoms with E-state index in [9.17, 15) is 28.7 Å². The van der Waals surface area contributed by atoms with Crippen LogP contribution >= 0.6 is 0 Å². The molecule has 11 nitrogen and oxygen atoms in total. The van der Waals surface area contributed by atoms with Crippen molar-refractivity contribution in [2.75, 3.05) is 19.7 Å². The summed E-state index contributed by atoms with van der Waals surface area (Å²) in [6.07, 6.45) is 13.8. The van der Waals surface area contributed by atoms with Gasteiger partial charge in [-0.15, -0.1) is 0 Å². The van der Waals surface area contributed by atoms with Crippen molar-refractivity contribution in [3.63, 3.8) is 0 Å². The summed E-state index contributed by atoms with van der Waals surface area (Å²) in [5.41, 5.74) is 2.52. The average Bonchev–Trinajstić information content (AvgIpc) is 3.25. The van der Waals surface area contributed by atoms with Crippen LogP contribution in [0.5, 0.6) is 0 Å². The largest absolute Gasteiger partial charge is 0.486 e. The van der Waals surface area contributed by atoms with Crippen molar-refractivity contribution in [3.05, 3.63) is 77.5 Å². The van der Waals surface area contributed by atoms with E-state index in [1.165, 1.54) is 17.0 Å². The summed E-state index contributed by atoms with van der Waals surface area (Å²) in [5.74, 6) is -0.515. The molecule has 3 amide bonds. The van der Waals surface area contributed by atoms with Crippen LogP contribution in [0.15, 0.2) is 66.3 Å². The first-order valence-electron chi connectivity index (χ1n) is 14.7. The van der Waals surface area contributed by atoms with E-state index in [2.05, 4.69) is 34.2 Å². The number of aliphatic carboxylic acids is 1. The summed E-state index contributed by atoms with van der Waals surface area (Å²) in [7, 11) is 0. The number of carbonyl (C=O) groups is 4. The Labute approximate surface area is 256 Å². The molecule has 0 radical (unpaired) electrons. The van der Waals surface area contributed by atoms with E-state index >= 15 is 0 Å². The molecular formula is C32H40FN5O6. The molecule has 2 heterocycles. The number of alkyl halides is 1. The van der Waals surface area contributed by atoms with Crippen LogP contribution in [0.3, 0.4) is 0 Å². The smallest absolute Gasteiger partial charge is 0.309 e. The molecule has 1 aliphatic heterocycles. The molecule has 3 fully saturated rings. The van der Waals surface area contributed by atoms with Crippen molar-refractivity contribution in [2.24, 2.45) is 10.8 Å². The number of halogens is 1.